The molecule has 2 heteroatoms. The van der Waals surface area contributed by atoms with Gasteiger partial charge >= 0.3 is 0 Å². The largest absolute Gasteiger partial charge is 0.390 e. The smallest absolute Gasteiger partial charge is 0.0674 e. The maximum absolute atomic E-state index is 10.4. The SMILES string of the molecule is CC(C)CN1CCC(O)(CC2CC2)CC1. The minimum atomic E-state index is -0.311. The van der Waals surface area contributed by atoms with Crippen LogP contribution in [0.15, 0.2) is 0 Å². The van der Waals surface area contributed by atoms with Crippen molar-refractivity contribution in [1.82, 2.24) is 4.90 Å². The van der Waals surface area contributed by atoms with Crippen molar-refractivity contribution in [2.75, 3.05) is 19.6 Å². The third kappa shape index (κ3) is 3.46. The first-order chi connectivity index (χ1) is 7.07. The Morgan fingerprint density at radius 2 is 1.87 bits per heavy atom. The second-order valence-corrected chi connectivity index (χ2v) is 6.07. The van der Waals surface area contributed by atoms with Crippen molar-refractivity contribution in [2.45, 2.75) is 51.6 Å². The average molecular weight is 211 g/mol. The molecule has 2 rings (SSSR count). The first kappa shape index (κ1) is 11.4. The fourth-order valence-electron chi connectivity index (χ4n) is 2.73. The van der Waals surface area contributed by atoms with Crippen LogP contribution in [0.2, 0.25) is 0 Å². The van der Waals surface area contributed by atoms with Crippen molar-refractivity contribution in [3.63, 3.8) is 0 Å². The summed E-state index contributed by atoms with van der Waals surface area (Å²) >= 11 is 0. The minimum Gasteiger partial charge on any atom is -0.390 e. The maximum Gasteiger partial charge on any atom is 0.0674 e. The summed E-state index contributed by atoms with van der Waals surface area (Å²) in [7, 11) is 0. The summed E-state index contributed by atoms with van der Waals surface area (Å²) in [5.41, 5.74) is -0.311. The van der Waals surface area contributed by atoms with Crippen LogP contribution in [0.4, 0.5) is 0 Å². The third-order valence-corrected chi connectivity index (χ3v) is 3.78. The van der Waals surface area contributed by atoms with E-state index < -0.39 is 0 Å². The Morgan fingerprint density at radius 3 is 2.33 bits per heavy atom. The molecule has 88 valence electrons. The van der Waals surface area contributed by atoms with Crippen molar-refractivity contribution in [1.29, 1.82) is 0 Å². The Balaban J connectivity index is 1.74. The molecule has 0 aromatic heterocycles. The predicted molar refractivity (Wildman–Crippen MR) is 62.8 cm³/mol. The van der Waals surface area contributed by atoms with Gasteiger partial charge in [0.15, 0.2) is 0 Å². The lowest BCUT2D eigenvalue weighted by Crippen LogP contribution is -2.45. The number of hydrogen-bond donors (Lipinski definition) is 1. The first-order valence-corrected chi connectivity index (χ1v) is 6.52. The van der Waals surface area contributed by atoms with Gasteiger partial charge in [-0.15, -0.1) is 0 Å². The fraction of sp³-hybridized carbons (Fsp3) is 1.00. The molecule has 1 saturated heterocycles. The second-order valence-electron chi connectivity index (χ2n) is 6.07. The van der Waals surface area contributed by atoms with Gasteiger partial charge in [0.1, 0.15) is 0 Å². The standard InChI is InChI=1S/C13H25NO/c1-11(2)10-14-7-5-13(15,6-8-14)9-12-3-4-12/h11-12,15H,3-10H2,1-2H3. The molecular weight excluding hydrogens is 186 g/mol. The number of likely N-dealkylation sites (tertiary alicyclic amines) is 1. The molecule has 1 heterocycles. The first-order valence-electron chi connectivity index (χ1n) is 6.52. The van der Waals surface area contributed by atoms with E-state index in [0.29, 0.717) is 0 Å². The maximum atomic E-state index is 10.4. The van der Waals surface area contributed by atoms with Crippen LogP contribution in [0.5, 0.6) is 0 Å². The number of rotatable bonds is 4. The molecule has 2 fully saturated rings. The van der Waals surface area contributed by atoms with E-state index in [2.05, 4.69) is 18.7 Å². The summed E-state index contributed by atoms with van der Waals surface area (Å²) in [4.78, 5) is 2.51. The van der Waals surface area contributed by atoms with Crippen LogP contribution in [-0.2, 0) is 0 Å². The average Bonchev–Trinajstić information content (AvgIpc) is 2.92. The van der Waals surface area contributed by atoms with Gasteiger partial charge in [-0.3, -0.25) is 0 Å². The van der Waals surface area contributed by atoms with E-state index in [1.165, 1.54) is 19.4 Å². The molecule has 1 N–H and O–H groups in total. The Kier molecular flexibility index (Phi) is 3.36. The summed E-state index contributed by atoms with van der Waals surface area (Å²) in [5, 5.41) is 10.4. The van der Waals surface area contributed by atoms with Crippen molar-refractivity contribution >= 4 is 0 Å². The van der Waals surface area contributed by atoms with Gasteiger partial charge in [-0.25, -0.2) is 0 Å². The van der Waals surface area contributed by atoms with Crippen LogP contribution in [-0.4, -0.2) is 35.2 Å². The van der Waals surface area contributed by atoms with Crippen LogP contribution >= 0.6 is 0 Å². The van der Waals surface area contributed by atoms with E-state index >= 15 is 0 Å². The number of nitrogens with zero attached hydrogens (tertiary/aromatic N) is 1. The second kappa shape index (κ2) is 4.42. The van der Waals surface area contributed by atoms with Gasteiger partial charge in [-0.2, -0.15) is 0 Å². The quantitative estimate of drug-likeness (QED) is 0.771. The molecule has 0 aromatic rings. The monoisotopic (exact) mass is 211 g/mol. The van der Waals surface area contributed by atoms with Gasteiger partial charge in [-0.1, -0.05) is 26.7 Å². The number of aliphatic hydroxyl groups is 1. The molecule has 0 atom stereocenters. The van der Waals surface area contributed by atoms with Gasteiger partial charge in [0.05, 0.1) is 5.60 Å². The highest BCUT2D eigenvalue weighted by atomic mass is 16.3. The molecule has 0 unspecified atom stereocenters. The summed E-state index contributed by atoms with van der Waals surface area (Å²) in [6.07, 6.45) is 5.78. The van der Waals surface area contributed by atoms with Crippen LogP contribution in [0.3, 0.4) is 0 Å². The Hall–Kier alpha value is -0.0800. The highest BCUT2D eigenvalue weighted by molar-refractivity contribution is 4.91. The topological polar surface area (TPSA) is 23.5 Å². The van der Waals surface area contributed by atoms with Crippen LogP contribution in [0.25, 0.3) is 0 Å². The third-order valence-electron chi connectivity index (χ3n) is 3.78. The molecule has 1 saturated carbocycles. The molecule has 0 spiro atoms. The summed E-state index contributed by atoms with van der Waals surface area (Å²) in [6.45, 7) is 7.93. The van der Waals surface area contributed by atoms with Gasteiger partial charge in [0, 0.05) is 19.6 Å². The molecular formula is C13H25NO. The van der Waals surface area contributed by atoms with Crippen molar-refractivity contribution < 1.29 is 5.11 Å². The molecule has 0 aromatic carbocycles. The summed E-state index contributed by atoms with van der Waals surface area (Å²) < 4.78 is 0. The van der Waals surface area contributed by atoms with Crippen LogP contribution in [0.1, 0.15) is 46.0 Å². The van der Waals surface area contributed by atoms with E-state index in [0.717, 1.165) is 44.2 Å². The molecule has 0 bridgehead atoms. The Morgan fingerprint density at radius 1 is 1.27 bits per heavy atom. The normalized spacial score (nSPS) is 27.2. The summed E-state index contributed by atoms with van der Waals surface area (Å²) in [5.74, 6) is 1.60. The molecule has 0 amide bonds. The zero-order chi connectivity index (χ0) is 10.9. The predicted octanol–water partition coefficient (Wildman–Crippen LogP) is 2.27. The van der Waals surface area contributed by atoms with Crippen molar-refractivity contribution in [3.05, 3.63) is 0 Å². The lowest BCUT2D eigenvalue weighted by Gasteiger charge is -2.39. The lowest BCUT2D eigenvalue weighted by atomic mass is 9.86. The van der Waals surface area contributed by atoms with E-state index in [9.17, 15) is 5.11 Å². The van der Waals surface area contributed by atoms with E-state index in [-0.39, 0.29) is 5.60 Å². The van der Waals surface area contributed by atoms with Crippen LogP contribution < -0.4 is 0 Å². The molecule has 1 aliphatic carbocycles. The highest BCUT2D eigenvalue weighted by Gasteiger charge is 2.37. The molecule has 2 nitrogen and oxygen atoms in total. The van der Waals surface area contributed by atoms with E-state index in [1.807, 2.05) is 0 Å². The van der Waals surface area contributed by atoms with Crippen LogP contribution in [0, 0.1) is 11.8 Å². The van der Waals surface area contributed by atoms with Crippen molar-refractivity contribution in [2.24, 2.45) is 11.8 Å². The number of piperidine rings is 1. The van der Waals surface area contributed by atoms with E-state index in [1.54, 1.807) is 0 Å². The van der Waals surface area contributed by atoms with Gasteiger partial charge in [-0.05, 0) is 31.1 Å². The van der Waals surface area contributed by atoms with E-state index in [4.69, 9.17) is 0 Å². The Bertz CT molecular complexity index is 203. The highest BCUT2D eigenvalue weighted by Crippen LogP contribution is 2.40. The molecule has 15 heavy (non-hydrogen) atoms. The van der Waals surface area contributed by atoms with Gasteiger partial charge in [0.2, 0.25) is 0 Å². The number of hydrogen-bond acceptors (Lipinski definition) is 2. The molecule has 2 aliphatic rings. The van der Waals surface area contributed by atoms with Gasteiger partial charge < -0.3 is 10.0 Å². The zero-order valence-corrected chi connectivity index (χ0v) is 10.2. The Labute approximate surface area is 93.7 Å². The lowest BCUT2D eigenvalue weighted by molar-refractivity contribution is -0.0334. The van der Waals surface area contributed by atoms with Crippen molar-refractivity contribution in [3.8, 4) is 0 Å². The van der Waals surface area contributed by atoms with Gasteiger partial charge in [0.25, 0.3) is 0 Å². The zero-order valence-electron chi connectivity index (χ0n) is 10.2. The molecule has 0 radical (unpaired) electrons. The molecule has 1 aliphatic heterocycles. The fourth-order valence-corrected chi connectivity index (χ4v) is 2.73. The minimum absolute atomic E-state index is 0.311. The summed E-state index contributed by atoms with van der Waals surface area (Å²) in [6, 6.07) is 0.